The van der Waals surface area contributed by atoms with Crippen LogP contribution >= 0.6 is 11.6 Å². The van der Waals surface area contributed by atoms with Crippen molar-refractivity contribution in [3.8, 4) is 17.0 Å². The minimum atomic E-state index is -0.247. The first-order chi connectivity index (χ1) is 13.6. The number of phenols is 1. The van der Waals surface area contributed by atoms with Crippen LogP contribution in [0.2, 0.25) is 5.02 Å². The number of hydrogen-bond donors (Lipinski definition) is 3. The normalized spacial score (nSPS) is 10.8. The molecule has 140 valence electrons. The Labute approximate surface area is 165 Å². The van der Waals surface area contributed by atoms with Crippen molar-refractivity contribution < 1.29 is 9.90 Å². The third kappa shape index (κ3) is 3.23. The van der Waals surface area contributed by atoms with E-state index in [0.717, 1.165) is 11.3 Å². The molecule has 0 saturated heterocycles. The number of rotatable bonds is 4. The summed E-state index contributed by atoms with van der Waals surface area (Å²) in [6.07, 6.45) is 5.23. The summed E-state index contributed by atoms with van der Waals surface area (Å²) >= 11 is 6.22. The second-order valence-corrected chi connectivity index (χ2v) is 6.47. The average molecular weight is 394 g/mol. The maximum Gasteiger partial charge on any atom is 0.252 e. The van der Waals surface area contributed by atoms with Gasteiger partial charge in [0.25, 0.3) is 5.91 Å². The molecule has 8 heteroatoms. The van der Waals surface area contributed by atoms with E-state index >= 15 is 0 Å². The average Bonchev–Trinajstić information content (AvgIpc) is 3.13. The molecule has 0 aliphatic carbocycles. The Balaban J connectivity index is 1.70. The highest BCUT2D eigenvalue weighted by atomic mass is 35.5. The van der Waals surface area contributed by atoms with Crippen LogP contribution in [-0.2, 0) is 0 Å². The highest BCUT2D eigenvalue weighted by Gasteiger charge is 2.13. The molecule has 0 radical (unpaired) electrons. The van der Waals surface area contributed by atoms with Crippen LogP contribution in [0.25, 0.3) is 16.9 Å². The molecule has 2 heterocycles. The van der Waals surface area contributed by atoms with Crippen LogP contribution in [-0.4, -0.2) is 32.4 Å². The van der Waals surface area contributed by atoms with E-state index in [0.29, 0.717) is 27.7 Å². The number of carbonyl (C=O) groups is 1. The summed E-state index contributed by atoms with van der Waals surface area (Å²) in [5.41, 5.74) is 3.51. The maximum atomic E-state index is 11.8. The van der Waals surface area contributed by atoms with Crippen LogP contribution in [0.1, 0.15) is 10.4 Å². The zero-order chi connectivity index (χ0) is 19.7. The van der Waals surface area contributed by atoms with Crippen LogP contribution in [0.15, 0.2) is 61.1 Å². The van der Waals surface area contributed by atoms with E-state index in [9.17, 15) is 9.90 Å². The molecule has 0 unspecified atom stereocenters. The summed E-state index contributed by atoms with van der Waals surface area (Å²) in [4.78, 5) is 20.6. The summed E-state index contributed by atoms with van der Waals surface area (Å²) in [6, 6.07) is 12.0. The number of nitrogens with zero attached hydrogens (tertiary/aromatic N) is 3. The molecule has 0 spiro atoms. The van der Waals surface area contributed by atoms with E-state index in [1.807, 2.05) is 22.7 Å². The van der Waals surface area contributed by atoms with E-state index < -0.39 is 0 Å². The number of halogens is 1. The van der Waals surface area contributed by atoms with Gasteiger partial charge in [-0.25, -0.2) is 9.97 Å². The topological polar surface area (TPSA) is 91.6 Å². The van der Waals surface area contributed by atoms with E-state index in [1.165, 1.54) is 0 Å². The molecule has 0 saturated carbocycles. The van der Waals surface area contributed by atoms with Gasteiger partial charge in [-0.2, -0.15) is 0 Å². The molecule has 4 aromatic rings. The number of anilines is 2. The van der Waals surface area contributed by atoms with Gasteiger partial charge in [0.05, 0.1) is 22.5 Å². The van der Waals surface area contributed by atoms with Crippen molar-refractivity contribution >= 4 is 34.7 Å². The summed E-state index contributed by atoms with van der Waals surface area (Å²) in [6.45, 7) is 0. The van der Waals surface area contributed by atoms with Crippen LogP contribution < -0.4 is 10.6 Å². The maximum absolute atomic E-state index is 11.8. The molecule has 1 amide bonds. The standard InChI is InChI=1S/C20H16ClN5O2/c1-22-20(28)15-7-4-13(10-16(15)21)25-18-19-24-11-17(26(19)9-8-23-18)12-2-5-14(27)6-3-12/h2-11,27H,1H3,(H,22,28)(H,23,25). The number of benzene rings is 2. The number of aromatic hydroxyl groups is 1. The number of imidazole rings is 1. The van der Waals surface area contributed by atoms with Gasteiger partial charge in [-0.3, -0.25) is 9.20 Å². The fourth-order valence-electron chi connectivity index (χ4n) is 2.90. The Morgan fingerprint density at radius 3 is 2.64 bits per heavy atom. The lowest BCUT2D eigenvalue weighted by molar-refractivity contribution is 0.0963. The SMILES string of the molecule is CNC(=O)c1ccc(Nc2nccn3c(-c4ccc(O)cc4)cnc23)cc1Cl. The second kappa shape index (κ2) is 7.21. The summed E-state index contributed by atoms with van der Waals surface area (Å²) in [7, 11) is 1.55. The quantitative estimate of drug-likeness (QED) is 0.489. The molecule has 0 aliphatic heterocycles. The van der Waals surface area contributed by atoms with Gasteiger partial charge in [0, 0.05) is 30.7 Å². The molecular formula is C20H16ClN5O2. The molecule has 0 bridgehead atoms. The molecule has 2 aromatic heterocycles. The van der Waals surface area contributed by atoms with Gasteiger partial charge in [0.1, 0.15) is 5.75 Å². The highest BCUT2D eigenvalue weighted by molar-refractivity contribution is 6.34. The molecule has 7 nitrogen and oxygen atoms in total. The minimum Gasteiger partial charge on any atom is -0.508 e. The fourth-order valence-corrected chi connectivity index (χ4v) is 3.17. The summed E-state index contributed by atoms with van der Waals surface area (Å²) < 4.78 is 1.90. The molecule has 4 rings (SSSR count). The number of nitrogens with one attached hydrogen (secondary N) is 2. The van der Waals surface area contributed by atoms with Crippen molar-refractivity contribution in [1.82, 2.24) is 19.7 Å². The molecule has 28 heavy (non-hydrogen) atoms. The van der Waals surface area contributed by atoms with Crippen molar-refractivity contribution in [1.29, 1.82) is 0 Å². The van der Waals surface area contributed by atoms with Gasteiger partial charge < -0.3 is 15.7 Å². The van der Waals surface area contributed by atoms with E-state index in [2.05, 4.69) is 20.6 Å². The van der Waals surface area contributed by atoms with Crippen LogP contribution in [0.5, 0.6) is 5.75 Å². The largest absolute Gasteiger partial charge is 0.508 e. The third-order valence-corrected chi connectivity index (χ3v) is 4.61. The Bertz CT molecular complexity index is 1170. The number of phenolic OH excluding ortho intramolecular Hbond substituents is 1. The van der Waals surface area contributed by atoms with Crippen LogP contribution in [0.3, 0.4) is 0 Å². The number of amides is 1. The zero-order valence-electron chi connectivity index (χ0n) is 14.8. The number of aromatic nitrogens is 3. The second-order valence-electron chi connectivity index (χ2n) is 6.06. The van der Waals surface area contributed by atoms with Crippen molar-refractivity contribution in [2.45, 2.75) is 0 Å². The predicted molar refractivity (Wildman–Crippen MR) is 108 cm³/mol. The molecule has 3 N–H and O–H groups in total. The lowest BCUT2D eigenvalue weighted by Crippen LogP contribution is -2.18. The van der Waals surface area contributed by atoms with Crippen LogP contribution in [0, 0.1) is 0 Å². The lowest BCUT2D eigenvalue weighted by Gasteiger charge is -2.10. The minimum absolute atomic E-state index is 0.207. The third-order valence-electron chi connectivity index (χ3n) is 4.29. The Kier molecular flexibility index (Phi) is 4.58. The molecular weight excluding hydrogens is 378 g/mol. The first-order valence-corrected chi connectivity index (χ1v) is 8.85. The number of fused-ring (bicyclic) bond motifs is 1. The van der Waals surface area contributed by atoms with Gasteiger partial charge in [0.2, 0.25) is 0 Å². The molecule has 0 aliphatic rings. The lowest BCUT2D eigenvalue weighted by atomic mass is 10.1. The first kappa shape index (κ1) is 17.8. The molecule has 0 fully saturated rings. The Morgan fingerprint density at radius 1 is 1.14 bits per heavy atom. The van der Waals surface area contributed by atoms with Crippen LogP contribution in [0.4, 0.5) is 11.5 Å². The van der Waals surface area contributed by atoms with Crippen molar-refractivity contribution in [3.05, 3.63) is 71.6 Å². The molecule has 2 aromatic carbocycles. The van der Waals surface area contributed by atoms with Crippen molar-refractivity contribution in [2.24, 2.45) is 0 Å². The highest BCUT2D eigenvalue weighted by Crippen LogP contribution is 2.28. The summed E-state index contributed by atoms with van der Waals surface area (Å²) in [5, 5.41) is 15.6. The van der Waals surface area contributed by atoms with Gasteiger partial charge in [0.15, 0.2) is 11.5 Å². The predicted octanol–water partition coefficient (Wildman–Crippen LogP) is 3.86. The van der Waals surface area contributed by atoms with Gasteiger partial charge in [-0.05, 0) is 42.5 Å². The van der Waals surface area contributed by atoms with E-state index in [1.54, 1.807) is 49.8 Å². The van der Waals surface area contributed by atoms with Gasteiger partial charge >= 0.3 is 0 Å². The van der Waals surface area contributed by atoms with E-state index in [4.69, 9.17) is 11.6 Å². The number of carbonyl (C=O) groups excluding carboxylic acids is 1. The smallest absolute Gasteiger partial charge is 0.252 e. The van der Waals surface area contributed by atoms with E-state index in [-0.39, 0.29) is 11.7 Å². The first-order valence-electron chi connectivity index (χ1n) is 8.47. The summed E-state index contributed by atoms with van der Waals surface area (Å²) in [5.74, 6) is 0.513. The van der Waals surface area contributed by atoms with Gasteiger partial charge in [-0.15, -0.1) is 0 Å². The van der Waals surface area contributed by atoms with Crippen molar-refractivity contribution in [3.63, 3.8) is 0 Å². The number of hydrogen-bond acceptors (Lipinski definition) is 5. The fraction of sp³-hybridized carbons (Fsp3) is 0.0500. The monoisotopic (exact) mass is 393 g/mol. The van der Waals surface area contributed by atoms with Gasteiger partial charge in [-0.1, -0.05) is 11.6 Å². The zero-order valence-corrected chi connectivity index (χ0v) is 15.6. The Morgan fingerprint density at radius 2 is 1.93 bits per heavy atom. The van der Waals surface area contributed by atoms with Crippen molar-refractivity contribution in [2.75, 3.05) is 12.4 Å². The molecule has 0 atom stereocenters. The Hall–Kier alpha value is -3.58.